The molecule has 0 aliphatic carbocycles. The number of benzene rings is 3. The molecule has 0 heterocycles. The summed E-state index contributed by atoms with van der Waals surface area (Å²) >= 11 is -2.16. The SMILES string of the molecule is CN(C)Cc1ccc2ccccc2c1[Se](=O)Cc1ccccc1. The summed E-state index contributed by atoms with van der Waals surface area (Å²) in [6, 6.07) is 22.7. The third kappa shape index (κ3) is 3.76. The van der Waals surface area contributed by atoms with Crippen molar-refractivity contribution in [2.45, 2.75) is 11.9 Å². The topological polar surface area (TPSA) is 20.3 Å². The summed E-state index contributed by atoms with van der Waals surface area (Å²) in [6.45, 7) is 0.817. The summed E-state index contributed by atoms with van der Waals surface area (Å²) in [6.07, 6.45) is 0. The van der Waals surface area contributed by atoms with Crippen molar-refractivity contribution in [3.8, 4) is 0 Å². The third-order valence-electron chi connectivity index (χ3n) is 3.82. The molecule has 0 radical (unpaired) electrons. The zero-order valence-corrected chi connectivity index (χ0v) is 15.2. The van der Waals surface area contributed by atoms with Gasteiger partial charge >= 0.3 is 142 Å². The standard InChI is InChI=1S/C20H21NOSe/c1-21(2)14-18-13-12-17-10-6-7-11-19(17)20(18)23(22)15-16-8-4-3-5-9-16/h3-13H,14-15H2,1-2H3. The van der Waals surface area contributed by atoms with Crippen molar-refractivity contribution >= 4 is 29.1 Å². The Morgan fingerprint density at radius 2 is 1.57 bits per heavy atom. The molecule has 0 bridgehead atoms. The molecule has 0 aromatic heterocycles. The van der Waals surface area contributed by atoms with Gasteiger partial charge in [-0.05, 0) is 0 Å². The minimum absolute atomic E-state index is 0.648. The quantitative estimate of drug-likeness (QED) is 0.643. The Kier molecular flexibility index (Phi) is 5.02. The number of nitrogens with zero attached hydrogens (tertiary/aromatic N) is 1. The molecule has 0 spiro atoms. The molecule has 0 amide bonds. The summed E-state index contributed by atoms with van der Waals surface area (Å²) in [5, 5.41) is 2.96. The van der Waals surface area contributed by atoms with Gasteiger partial charge in [-0.25, -0.2) is 0 Å². The average Bonchev–Trinajstić information content (AvgIpc) is 2.55. The monoisotopic (exact) mass is 371 g/mol. The number of hydrogen-bond acceptors (Lipinski definition) is 2. The van der Waals surface area contributed by atoms with Crippen molar-refractivity contribution in [2.24, 2.45) is 0 Å². The molecule has 0 fully saturated rings. The average molecular weight is 370 g/mol. The van der Waals surface area contributed by atoms with Crippen molar-refractivity contribution in [3.05, 3.63) is 77.9 Å². The van der Waals surface area contributed by atoms with Gasteiger partial charge in [0.2, 0.25) is 0 Å². The molecule has 0 aliphatic heterocycles. The molecule has 1 unspecified atom stereocenters. The summed E-state index contributed by atoms with van der Waals surface area (Å²) in [5.74, 6) is 0. The van der Waals surface area contributed by atoms with Gasteiger partial charge in [-0.2, -0.15) is 0 Å². The predicted molar refractivity (Wildman–Crippen MR) is 97.6 cm³/mol. The normalized spacial score (nSPS) is 12.7. The Balaban J connectivity index is 2.07. The first-order valence-corrected chi connectivity index (χ1v) is 10.5. The van der Waals surface area contributed by atoms with Crippen LogP contribution < -0.4 is 4.46 Å². The molecular weight excluding hydrogens is 349 g/mol. The molecule has 0 N–H and O–H groups in total. The number of rotatable bonds is 5. The van der Waals surface area contributed by atoms with Gasteiger partial charge in [0, 0.05) is 0 Å². The van der Waals surface area contributed by atoms with Gasteiger partial charge in [0.1, 0.15) is 0 Å². The van der Waals surface area contributed by atoms with Gasteiger partial charge < -0.3 is 0 Å². The van der Waals surface area contributed by atoms with Crippen molar-refractivity contribution in [2.75, 3.05) is 14.1 Å². The Bertz CT molecular complexity index is 827. The molecule has 0 saturated heterocycles. The van der Waals surface area contributed by atoms with Crippen LogP contribution in [0.15, 0.2) is 66.7 Å². The molecule has 0 saturated carbocycles. The molecule has 0 aliphatic rings. The van der Waals surface area contributed by atoms with Crippen LogP contribution in [-0.4, -0.2) is 32.8 Å². The van der Waals surface area contributed by atoms with Gasteiger partial charge in [0.05, 0.1) is 0 Å². The van der Waals surface area contributed by atoms with E-state index in [0.717, 1.165) is 22.0 Å². The fourth-order valence-corrected chi connectivity index (χ4v) is 5.96. The summed E-state index contributed by atoms with van der Waals surface area (Å²) in [4.78, 5) is 2.13. The fourth-order valence-electron chi connectivity index (χ4n) is 2.82. The molecule has 3 aromatic carbocycles. The summed E-state index contributed by atoms with van der Waals surface area (Å²) < 4.78 is 14.3. The van der Waals surface area contributed by atoms with E-state index in [1.165, 1.54) is 10.9 Å². The second-order valence-corrected chi connectivity index (χ2v) is 8.90. The second-order valence-electron chi connectivity index (χ2n) is 5.99. The fraction of sp³-hybridized carbons (Fsp3) is 0.200. The molecular formula is C20H21NOSe. The van der Waals surface area contributed by atoms with E-state index in [-0.39, 0.29) is 0 Å². The van der Waals surface area contributed by atoms with E-state index in [4.69, 9.17) is 0 Å². The minimum atomic E-state index is -2.16. The summed E-state index contributed by atoms with van der Waals surface area (Å²) in [7, 11) is 4.10. The predicted octanol–water partition coefficient (Wildman–Crippen LogP) is 3.31. The van der Waals surface area contributed by atoms with Gasteiger partial charge in [-0.1, -0.05) is 0 Å². The molecule has 23 heavy (non-hydrogen) atoms. The van der Waals surface area contributed by atoms with Crippen molar-refractivity contribution < 1.29 is 3.83 Å². The molecule has 3 aromatic rings. The Morgan fingerprint density at radius 3 is 2.30 bits per heavy atom. The zero-order valence-electron chi connectivity index (χ0n) is 13.5. The van der Waals surface area contributed by atoms with Crippen molar-refractivity contribution in [1.29, 1.82) is 0 Å². The van der Waals surface area contributed by atoms with Crippen LogP contribution in [0.5, 0.6) is 0 Å². The second kappa shape index (κ2) is 7.18. The molecule has 2 nitrogen and oxygen atoms in total. The maximum atomic E-state index is 13.2. The first kappa shape index (κ1) is 16.1. The van der Waals surface area contributed by atoms with E-state index in [0.29, 0.717) is 5.32 Å². The van der Waals surface area contributed by atoms with Crippen LogP contribution in [0.1, 0.15) is 11.1 Å². The molecule has 1 atom stereocenters. The van der Waals surface area contributed by atoms with Crippen LogP contribution in [0.2, 0.25) is 0 Å². The summed E-state index contributed by atoms with van der Waals surface area (Å²) in [5.41, 5.74) is 2.33. The van der Waals surface area contributed by atoms with E-state index in [1.54, 1.807) is 0 Å². The van der Waals surface area contributed by atoms with E-state index in [9.17, 15) is 3.83 Å². The molecule has 3 rings (SSSR count). The Morgan fingerprint density at radius 1 is 0.870 bits per heavy atom. The Hall–Kier alpha value is -1.80. The maximum absolute atomic E-state index is 13.2. The third-order valence-corrected chi connectivity index (χ3v) is 7.03. The molecule has 118 valence electrons. The van der Waals surface area contributed by atoms with Gasteiger partial charge in [0.25, 0.3) is 0 Å². The van der Waals surface area contributed by atoms with Crippen LogP contribution in [0.25, 0.3) is 10.8 Å². The van der Waals surface area contributed by atoms with Crippen LogP contribution in [0, 0.1) is 0 Å². The van der Waals surface area contributed by atoms with Crippen molar-refractivity contribution in [3.63, 3.8) is 0 Å². The first-order chi connectivity index (χ1) is 11.1. The van der Waals surface area contributed by atoms with Gasteiger partial charge in [-0.3, -0.25) is 0 Å². The van der Waals surface area contributed by atoms with E-state index >= 15 is 0 Å². The van der Waals surface area contributed by atoms with Crippen LogP contribution in [0.4, 0.5) is 0 Å². The number of hydrogen-bond donors (Lipinski definition) is 0. The van der Waals surface area contributed by atoms with Gasteiger partial charge in [0.15, 0.2) is 0 Å². The van der Waals surface area contributed by atoms with Crippen LogP contribution >= 0.6 is 0 Å². The molecule has 3 heteroatoms. The Labute approximate surface area is 141 Å². The van der Waals surface area contributed by atoms with E-state index < -0.39 is 13.8 Å². The first-order valence-electron chi connectivity index (χ1n) is 7.73. The number of fused-ring (bicyclic) bond motifs is 1. The van der Waals surface area contributed by atoms with Gasteiger partial charge in [-0.15, -0.1) is 0 Å². The van der Waals surface area contributed by atoms with Crippen molar-refractivity contribution in [1.82, 2.24) is 4.90 Å². The van der Waals surface area contributed by atoms with Crippen LogP contribution in [-0.2, 0) is 15.7 Å². The van der Waals surface area contributed by atoms with E-state index in [1.807, 2.05) is 30.3 Å². The van der Waals surface area contributed by atoms with Crippen LogP contribution in [0.3, 0.4) is 0 Å². The van der Waals surface area contributed by atoms with E-state index in [2.05, 4.69) is 55.4 Å². The zero-order chi connectivity index (χ0) is 16.2.